The van der Waals surface area contributed by atoms with Crippen LogP contribution in [0.4, 0.5) is 4.79 Å². The first kappa shape index (κ1) is 19.1. The van der Waals surface area contributed by atoms with Crippen LogP contribution in [-0.2, 0) is 11.3 Å². The SMILES string of the molecule is CC(C)N1C(=O)S/C(=C\c2cn(Cc3ccc(C(=O)O)o3)c3ccccc23)C1=O. The maximum Gasteiger partial charge on any atom is 0.371 e. The van der Waals surface area contributed by atoms with E-state index in [-0.39, 0.29) is 22.9 Å². The zero-order valence-electron chi connectivity index (χ0n) is 15.8. The number of amides is 2. The molecule has 1 fully saturated rings. The number of carboxylic acid groups (broad SMARTS) is 1. The quantitative estimate of drug-likeness (QED) is 0.626. The number of carboxylic acids is 1. The first-order valence-corrected chi connectivity index (χ1v) is 9.83. The number of nitrogens with zero attached hydrogens (tertiary/aromatic N) is 2. The minimum Gasteiger partial charge on any atom is -0.475 e. The van der Waals surface area contributed by atoms with E-state index in [1.54, 1.807) is 26.0 Å². The summed E-state index contributed by atoms with van der Waals surface area (Å²) in [5.74, 6) is -1.01. The Morgan fingerprint density at radius 2 is 1.97 bits per heavy atom. The summed E-state index contributed by atoms with van der Waals surface area (Å²) < 4.78 is 7.30. The van der Waals surface area contributed by atoms with Gasteiger partial charge in [0.2, 0.25) is 5.76 Å². The van der Waals surface area contributed by atoms with Gasteiger partial charge in [-0.2, -0.15) is 0 Å². The number of aromatic nitrogens is 1. The van der Waals surface area contributed by atoms with E-state index in [2.05, 4.69) is 0 Å². The van der Waals surface area contributed by atoms with Crippen molar-refractivity contribution in [2.75, 3.05) is 0 Å². The third-order valence-corrected chi connectivity index (χ3v) is 5.53. The second-order valence-corrected chi connectivity index (χ2v) is 7.94. The molecule has 8 heteroatoms. The Balaban J connectivity index is 1.72. The van der Waals surface area contributed by atoms with Crippen molar-refractivity contribution in [3.8, 4) is 0 Å². The third-order valence-electron chi connectivity index (χ3n) is 4.64. The Hall–Kier alpha value is -3.26. The van der Waals surface area contributed by atoms with E-state index in [9.17, 15) is 14.4 Å². The van der Waals surface area contributed by atoms with Crippen LogP contribution in [0, 0.1) is 0 Å². The molecule has 1 aliphatic heterocycles. The van der Waals surface area contributed by atoms with Crippen LogP contribution >= 0.6 is 11.8 Å². The molecule has 2 aromatic heterocycles. The normalized spacial score (nSPS) is 16.0. The highest BCUT2D eigenvalue weighted by Crippen LogP contribution is 2.35. The maximum absolute atomic E-state index is 12.6. The molecule has 0 spiro atoms. The van der Waals surface area contributed by atoms with Crippen molar-refractivity contribution in [2.45, 2.75) is 26.4 Å². The van der Waals surface area contributed by atoms with Crippen LogP contribution in [-0.4, -0.2) is 37.7 Å². The van der Waals surface area contributed by atoms with Crippen molar-refractivity contribution >= 4 is 45.9 Å². The Labute approximate surface area is 170 Å². The molecule has 3 aromatic rings. The number of imide groups is 1. The number of carbonyl (C=O) groups is 3. The number of benzene rings is 1. The Bertz CT molecular complexity index is 1170. The molecule has 0 saturated carbocycles. The van der Waals surface area contributed by atoms with Gasteiger partial charge in [0.15, 0.2) is 0 Å². The predicted molar refractivity (Wildman–Crippen MR) is 110 cm³/mol. The van der Waals surface area contributed by atoms with Gasteiger partial charge in [-0.1, -0.05) is 18.2 Å². The molecule has 29 heavy (non-hydrogen) atoms. The molecular formula is C21H18N2O5S. The number of para-hydroxylation sites is 1. The Morgan fingerprint density at radius 1 is 1.21 bits per heavy atom. The fourth-order valence-corrected chi connectivity index (χ4v) is 4.28. The number of furan rings is 1. The lowest BCUT2D eigenvalue weighted by Gasteiger charge is -2.16. The van der Waals surface area contributed by atoms with E-state index in [0.717, 1.165) is 28.2 Å². The van der Waals surface area contributed by atoms with Crippen molar-refractivity contribution < 1.29 is 23.9 Å². The monoisotopic (exact) mass is 410 g/mol. The second-order valence-electron chi connectivity index (χ2n) is 6.95. The van der Waals surface area contributed by atoms with Gasteiger partial charge in [-0.3, -0.25) is 14.5 Å². The molecule has 1 aliphatic rings. The molecule has 148 valence electrons. The van der Waals surface area contributed by atoms with Crippen molar-refractivity contribution in [3.63, 3.8) is 0 Å². The molecule has 0 atom stereocenters. The summed E-state index contributed by atoms with van der Waals surface area (Å²) in [6, 6.07) is 10.5. The van der Waals surface area contributed by atoms with Gasteiger partial charge in [0, 0.05) is 28.7 Å². The molecule has 1 N–H and O–H groups in total. The van der Waals surface area contributed by atoms with Gasteiger partial charge in [0.1, 0.15) is 5.76 Å². The number of rotatable bonds is 5. The lowest BCUT2D eigenvalue weighted by atomic mass is 10.1. The van der Waals surface area contributed by atoms with E-state index >= 15 is 0 Å². The van der Waals surface area contributed by atoms with Gasteiger partial charge in [0.25, 0.3) is 11.1 Å². The molecule has 0 bridgehead atoms. The van der Waals surface area contributed by atoms with Gasteiger partial charge < -0.3 is 14.1 Å². The lowest BCUT2D eigenvalue weighted by Crippen LogP contribution is -2.34. The van der Waals surface area contributed by atoms with Gasteiger partial charge in [-0.05, 0) is 49.9 Å². The van der Waals surface area contributed by atoms with Crippen LogP contribution in [0.5, 0.6) is 0 Å². The lowest BCUT2D eigenvalue weighted by molar-refractivity contribution is -0.123. The van der Waals surface area contributed by atoms with Gasteiger partial charge in [-0.15, -0.1) is 0 Å². The Kier molecular flexibility index (Phi) is 4.79. The fraction of sp³-hybridized carbons (Fsp3) is 0.190. The molecule has 0 radical (unpaired) electrons. The molecule has 1 aromatic carbocycles. The number of thioether (sulfide) groups is 1. The smallest absolute Gasteiger partial charge is 0.371 e. The van der Waals surface area contributed by atoms with Crippen molar-refractivity contribution in [2.24, 2.45) is 0 Å². The van der Waals surface area contributed by atoms with Gasteiger partial charge in [0.05, 0.1) is 11.4 Å². The van der Waals surface area contributed by atoms with Crippen LogP contribution in [0.25, 0.3) is 17.0 Å². The topological polar surface area (TPSA) is 92.8 Å². The van der Waals surface area contributed by atoms with E-state index in [4.69, 9.17) is 9.52 Å². The average molecular weight is 410 g/mol. The highest BCUT2D eigenvalue weighted by atomic mass is 32.2. The molecule has 2 amide bonds. The minimum atomic E-state index is -1.12. The highest BCUT2D eigenvalue weighted by Gasteiger charge is 2.36. The maximum atomic E-state index is 12.6. The van der Waals surface area contributed by atoms with E-state index in [1.807, 2.05) is 35.0 Å². The second kappa shape index (κ2) is 7.29. The summed E-state index contributed by atoms with van der Waals surface area (Å²) >= 11 is 0.939. The molecule has 0 aliphatic carbocycles. The molecular weight excluding hydrogens is 392 g/mol. The van der Waals surface area contributed by atoms with Gasteiger partial charge in [-0.25, -0.2) is 4.79 Å². The minimum absolute atomic E-state index is 0.112. The highest BCUT2D eigenvalue weighted by molar-refractivity contribution is 8.18. The zero-order valence-corrected chi connectivity index (χ0v) is 16.6. The zero-order chi connectivity index (χ0) is 20.7. The first-order chi connectivity index (χ1) is 13.8. The van der Waals surface area contributed by atoms with E-state index in [1.165, 1.54) is 11.0 Å². The van der Waals surface area contributed by atoms with Crippen molar-refractivity contribution in [1.29, 1.82) is 0 Å². The molecule has 3 heterocycles. The summed E-state index contributed by atoms with van der Waals surface area (Å²) in [5, 5.41) is 9.69. The number of fused-ring (bicyclic) bond motifs is 1. The van der Waals surface area contributed by atoms with E-state index in [0.29, 0.717) is 17.2 Å². The number of hydrogen-bond donors (Lipinski definition) is 1. The first-order valence-electron chi connectivity index (χ1n) is 9.02. The number of hydrogen-bond acceptors (Lipinski definition) is 5. The van der Waals surface area contributed by atoms with Crippen LogP contribution in [0.1, 0.15) is 35.7 Å². The largest absolute Gasteiger partial charge is 0.475 e. The summed E-state index contributed by atoms with van der Waals surface area (Å²) in [7, 11) is 0. The predicted octanol–water partition coefficient (Wildman–Crippen LogP) is 4.43. The van der Waals surface area contributed by atoms with Crippen molar-refractivity contribution in [3.05, 3.63) is 64.6 Å². The molecule has 0 unspecified atom stereocenters. The number of aromatic carboxylic acids is 1. The summed E-state index contributed by atoms with van der Waals surface area (Å²) in [6.45, 7) is 3.95. The fourth-order valence-electron chi connectivity index (χ4n) is 3.33. The molecule has 4 rings (SSSR count). The van der Waals surface area contributed by atoms with Crippen LogP contribution in [0.15, 0.2) is 51.9 Å². The third kappa shape index (κ3) is 3.47. The van der Waals surface area contributed by atoms with Crippen molar-refractivity contribution in [1.82, 2.24) is 9.47 Å². The molecule has 1 saturated heterocycles. The molecule has 7 nitrogen and oxygen atoms in total. The van der Waals surface area contributed by atoms with Crippen LogP contribution in [0.2, 0.25) is 0 Å². The van der Waals surface area contributed by atoms with Crippen LogP contribution < -0.4 is 0 Å². The van der Waals surface area contributed by atoms with Gasteiger partial charge >= 0.3 is 5.97 Å². The van der Waals surface area contributed by atoms with Crippen LogP contribution in [0.3, 0.4) is 0 Å². The van der Waals surface area contributed by atoms with E-state index < -0.39 is 5.97 Å². The Morgan fingerprint density at radius 3 is 2.62 bits per heavy atom. The number of carbonyl (C=O) groups excluding carboxylic acids is 2. The standard InChI is InChI=1S/C21H18N2O5S/c1-12(2)23-19(24)18(29-21(23)27)9-13-10-22(16-6-4-3-5-15(13)16)11-14-7-8-17(28-14)20(25)26/h3-10,12H,11H2,1-2H3,(H,25,26)/b18-9-. The average Bonchev–Trinajstić information content (AvgIpc) is 3.34. The summed E-state index contributed by atoms with van der Waals surface area (Å²) in [5.41, 5.74) is 1.72. The summed E-state index contributed by atoms with van der Waals surface area (Å²) in [4.78, 5) is 37.4. The summed E-state index contributed by atoms with van der Waals surface area (Å²) in [6.07, 6.45) is 3.61.